The van der Waals surface area contributed by atoms with Crippen LogP contribution in [0.1, 0.15) is 16.7 Å². The van der Waals surface area contributed by atoms with Crippen LogP contribution in [0.25, 0.3) is 0 Å². The number of benzene rings is 2. The second-order valence-corrected chi connectivity index (χ2v) is 6.21. The van der Waals surface area contributed by atoms with Crippen molar-refractivity contribution in [1.82, 2.24) is 5.32 Å². The summed E-state index contributed by atoms with van der Waals surface area (Å²) in [5.74, 6) is 0.334. The number of halogens is 2. The van der Waals surface area contributed by atoms with Crippen LogP contribution in [0.3, 0.4) is 0 Å². The Hall–Kier alpha value is -1.38. The number of nitrogens with one attached hydrogen (secondary N) is 1. The second kappa shape index (κ2) is 6.17. The molecule has 2 aromatic carbocycles. The zero-order chi connectivity index (χ0) is 14.8. The first kappa shape index (κ1) is 14.6. The van der Waals surface area contributed by atoms with Gasteiger partial charge in [0.25, 0.3) is 0 Å². The van der Waals surface area contributed by atoms with Gasteiger partial charge in [0, 0.05) is 11.1 Å². The van der Waals surface area contributed by atoms with Crippen molar-refractivity contribution in [3.8, 4) is 0 Å². The molecule has 110 valence electrons. The third kappa shape index (κ3) is 3.12. The number of hydrogen-bond acceptors (Lipinski definition) is 1. The average Bonchev–Trinajstić information content (AvgIpc) is 2.91. The SMILES string of the molecule is CNC(Cc1cc(Cl)ccc1F)C1Cc2ccccc2C1. The Morgan fingerprint density at radius 2 is 1.86 bits per heavy atom. The number of rotatable bonds is 4. The summed E-state index contributed by atoms with van der Waals surface area (Å²) in [7, 11) is 1.95. The molecule has 2 aromatic rings. The van der Waals surface area contributed by atoms with Crippen molar-refractivity contribution in [2.24, 2.45) is 5.92 Å². The summed E-state index contributed by atoms with van der Waals surface area (Å²) >= 11 is 5.99. The van der Waals surface area contributed by atoms with Gasteiger partial charge in [-0.3, -0.25) is 0 Å². The van der Waals surface area contributed by atoms with Crippen LogP contribution in [0.4, 0.5) is 4.39 Å². The summed E-state index contributed by atoms with van der Waals surface area (Å²) in [6, 6.07) is 13.6. The second-order valence-electron chi connectivity index (χ2n) is 5.77. The van der Waals surface area contributed by atoms with Crippen LogP contribution in [0.2, 0.25) is 5.02 Å². The summed E-state index contributed by atoms with van der Waals surface area (Å²) in [4.78, 5) is 0. The molecule has 0 radical (unpaired) electrons. The lowest BCUT2D eigenvalue weighted by atomic mass is 9.91. The standard InChI is InChI=1S/C18H19ClFN/c1-21-18(11-14-10-16(19)6-7-17(14)20)15-8-12-4-2-3-5-13(12)9-15/h2-7,10,15,18,21H,8-9,11H2,1H3. The normalized spacial score (nSPS) is 16.0. The van der Waals surface area contributed by atoms with Crippen molar-refractivity contribution in [1.29, 1.82) is 0 Å². The van der Waals surface area contributed by atoms with Gasteiger partial charge in [0.05, 0.1) is 0 Å². The lowest BCUT2D eigenvalue weighted by Crippen LogP contribution is -2.36. The first-order valence-electron chi connectivity index (χ1n) is 7.35. The topological polar surface area (TPSA) is 12.0 Å². The summed E-state index contributed by atoms with van der Waals surface area (Å²) in [5, 5.41) is 3.96. The Bertz CT molecular complexity index is 616. The van der Waals surface area contributed by atoms with Crippen LogP contribution in [0.5, 0.6) is 0 Å². The highest BCUT2D eigenvalue weighted by atomic mass is 35.5. The molecule has 0 heterocycles. The van der Waals surface area contributed by atoms with Crippen LogP contribution >= 0.6 is 11.6 Å². The van der Waals surface area contributed by atoms with Crippen molar-refractivity contribution in [3.63, 3.8) is 0 Å². The van der Waals surface area contributed by atoms with E-state index in [9.17, 15) is 4.39 Å². The minimum atomic E-state index is -0.171. The fourth-order valence-corrected chi connectivity index (χ4v) is 3.51. The zero-order valence-electron chi connectivity index (χ0n) is 12.1. The fraction of sp³-hybridized carbons (Fsp3) is 0.333. The summed E-state index contributed by atoms with van der Waals surface area (Å²) in [6.45, 7) is 0. The van der Waals surface area contributed by atoms with Crippen molar-refractivity contribution < 1.29 is 4.39 Å². The molecule has 0 aliphatic heterocycles. The maximum absolute atomic E-state index is 13.9. The maximum Gasteiger partial charge on any atom is 0.126 e. The van der Waals surface area contributed by atoms with Crippen LogP contribution in [0.15, 0.2) is 42.5 Å². The molecular formula is C18H19ClFN. The highest BCUT2D eigenvalue weighted by Crippen LogP contribution is 2.30. The molecule has 0 amide bonds. The Kier molecular flexibility index (Phi) is 4.27. The van der Waals surface area contributed by atoms with Gasteiger partial charge in [-0.05, 0) is 67.1 Å². The van der Waals surface area contributed by atoms with Crippen molar-refractivity contribution >= 4 is 11.6 Å². The van der Waals surface area contributed by atoms with E-state index < -0.39 is 0 Å². The molecule has 21 heavy (non-hydrogen) atoms. The highest BCUT2D eigenvalue weighted by molar-refractivity contribution is 6.30. The van der Waals surface area contributed by atoms with E-state index in [2.05, 4.69) is 29.6 Å². The lowest BCUT2D eigenvalue weighted by Gasteiger charge is -2.23. The largest absolute Gasteiger partial charge is 0.316 e. The predicted octanol–water partition coefficient (Wildman–Crippen LogP) is 4.02. The lowest BCUT2D eigenvalue weighted by molar-refractivity contribution is 0.379. The van der Waals surface area contributed by atoms with E-state index >= 15 is 0 Å². The van der Waals surface area contributed by atoms with Gasteiger partial charge in [-0.1, -0.05) is 35.9 Å². The van der Waals surface area contributed by atoms with Gasteiger partial charge in [0.2, 0.25) is 0 Å². The molecule has 0 spiro atoms. The quantitative estimate of drug-likeness (QED) is 0.899. The molecule has 1 aliphatic rings. The van der Waals surface area contributed by atoms with E-state index in [4.69, 9.17) is 11.6 Å². The minimum absolute atomic E-state index is 0.171. The smallest absolute Gasteiger partial charge is 0.126 e. The molecule has 0 aromatic heterocycles. The average molecular weight is 304 g/mol. The molecule has 0 saturated carbocycles. The Morgan fingerprint density at radius 1 is 1.19 bits per heavy atom. The van der Waals surface area contributed by atoms with E-state index in [0.717, 1.165) is 12.8 Å². The van der Waals surface area contributed by atoms with Crippen LogP contribution in [0, 0.1) is 11.7 Å². The molecule has 1 N–H and O–H groups in total. The van der Waals surface area contributed by atoms with E-state index in [1.807, 2.05) is 7.05 Å². The molecule has 3 rings (SSSR count). The fourth-order valence-electron chi connectivity index (χ4n) is 3.32. The molecule has 0 fully saturated rings. The minimum Gasteiger partial charge on any atom is -0.316 e. The number of hydrogen-bond donors (Lipinski definition) is 1. The van der Waals surface area contributed by atoms with E-state index in [1.54, 1.807) is 12.1 Å². The predicted molar refractivity (Wildman–Crippen MR) is 85.3 cm³/mol. The van der Waals surface area contributed by atoms with Gasteiger partial charge in [-0.15, -0.1) is 0 Å². The molecule has 1 nitrogen and oxygen atoms in total. The summed E-state index contributed by atoms with van der Waals surface area (Å²) in [6.07, 6.45) is 2.79. The monoisotopic (exact) mass is 303 g/mol. The summed E-state index contributed by atoms with van der Waals surface area (Å²) in [5.41, 5.74) is 3.54. The third-order valence-corrected chi connectivity index (χ3v) is 4.71. The van der Waals surface area contributed by atoms with Crippen LogP contribution in [-0.4, -0.2) is 13.1 Å². The molecule has 1 atom stereocenters. The van der Waals surface area contributed by atoms with Crippen LogP contribution in [-0.2, 0) is 19.3 Å². The number of fused-ring (bicyclic) bond motifs is 1. The van der Waals surface area contributed by atoms with E-state index in [1.165, 1.54) is 17.2 Å². The Labute approximate surface area is 130 Å². The van der Waals surface area contributed by atoms with Crippen molar-refractivity contribution in [2.75, 3.05) is 7.05 Å². The van der Waals surface area contributed by atoms with Gasteiger partial charge in [0.1, 0.15) is 5.82 Å². The summed E-state index contributed by atoms with van der Waals surface area (Å²) < 4.78 is 13.9. The van der Waals surface area contributed by atoms with Gasteiger partial charge in [-0.2, -0.15) is 0 Å². The molecule has 1 aliphatic carbocycles. The van der Waals surface area contributed by atoms with Gasteiger partial charge in [-0.25, -0.2) is 4.39 Å². The molecule has 0 saturated heterocycles. The van der Waals surface area contributed by atoms with Crippen LogP contribution < -0.4 is 5.32 Å². The first-order valence-corrected chi connectivity index (χ1v) is 7.73. The molecule has 3 heteroatoms. The molecule has 0 bridgehead atoms. The van der Waals surface area contributed by atoms with Gasteiger partial charge < -0.3 is 5.32 Å². The van der Waals surface area contributed by atoms with E-state index in [-0.39, 0.29) is 11.9 Å². The number of likely N-dealkylation sites (N-methyl/N-ethyl adjacent to an activating group) is 1. The van der Waals surface area contributed by atoms with Gasteiger partial charge >= 0.3 is 0 Å². The molecule has 1 unspecified atom stereocenters. The Balaban J connectivity index is 1.76. The van der Waals surface area contributed by atoms with E-state index in [0.29, 0.717) is 22.9 Å². The van der Waals surface area contributed by atoms with Crippen molar-refractivity contribution in [3.05, 3.63) is 70.0 Å². The van der Waals surface area contributed by atoms with Crippen molar-refractivity contribution in [2.45, 2.75) is 25.3 Å². The highest BCUT2D eigenvalue weighted by Gasteiger charge is 2.28. The maximum atomic E-state index is 13.9. The first-order chi connectivity index (χ1) is 10.2. The Morgan fingerprint density at radius 3 is 2.48 bits per heavy atom. The van der Waals surface area contributed by atoms with Gasteiger partial charge in [0.15, 0.2) is 0 Å². The molecular weight excluding hydrogens is 285 g/mol. The zero-order valence-corrected chi connectivity index (χ0v) is 12.8. The third-order valence-electron chi connectivity index (χ3n) is 4.47.